The van der Waals surface area contributed by atoms with Crippen molar-refractivity contribution in [2.24, 2.45) is 0 Å². The Kier molecular flexibility index (Phi) is 4.80. The summed E-state index contributed by atoms with van der Waals surface area (Å²) >= 11 is 1.48. The summed E-state index contributed by atoms with van der Waals surface area (Å²) in [7, 11) is 0. The predicted octanol–water partition coefficient (Wildman–Crippen LogP) is 0.395. The molecular weight excluding hydrogens is 358 g/mol. The Morgan fingerprint density at radius 1 is 1.27 bits per heavy atom. The number of rotatable bonds is 5. The Labute approximate surface area is 151 Å². The molecule has 11 heteroatoms. The molecule has 0 aliphatic heterocycles. The zero-order chi connectivity index (χ0) is 18.8. The second kappa shape index (κ2) is 7.04. The highest BCUT2D eigenvalue weighted by molar-refractivity contribution is 7.18. The first kappa shape index (κ1) is 17.7. The average molecular weight is 375 g/mol. The summed E-state index contributed by atoms with van der Waals surface area (Å²) in [6.45, 7) is 5.54. The first-order valence-electron chi connectivity index (χ1n) is 7.80. The lowest BCUT2D eigenvalue weighted by Crippen LogP contribution is -2.33. The summed E-state index contributed by atoms with van der Waals surface area (Å²) in [5.41, 5.74) is 5.45. The summed E-state index contributed by atoms with van der Waals surface area (Å²) in [5, 5.41) is 7.93. The second-order valence-electron chi connectivity index (χ2n) is 5.72. The van der Waals surface area contributed by atoms with E-state index in [9.17, 15) is 14.4 Å². The molecule has 0 aromatic carbocycles. The van der Waals surface area contributed by atoms with E-state index >= 15 is 0 Å². The smallest absolute Gasteiger partial charge is 0.274 e. The quantitative estimate of drug-likeness (QED) is 0.549. The average Bonchev–Trinajstić information content (AvgIpc) is 2.90. The van der Waals surface area contributed by atoms with Crippen LogP contribution in [-0.2, 0) is 11.3 Å². The van der Waals surface area contributed by atoms with E-state index < -0.39 is 5.56 Å². The van der Waals surface area contributed by atoms with Gasteiger partial charge >= 0.3 is 0 Å². The lowest BCUT2D eigenvalue weighted by Gasteiger charge is -2.08. The van der Waals surface area contributed by atoms with Gasteiger partial charge in [0.05, 0.1) is 11.7 Å². The number of thiophene rings is 1. The largest absolute Gasteiger partial charge is 0.298 e. The van der Waals surface area contributed by atoms with Crippen molar-refractivity contribution in [2.45, 2.75) is 33.7 Å². The van der Waals surface area contributed by atoms with Crippen molar-refractivity contribution in [1.82, 2.24) is 30.2 Å². The van der Waals surface area contributed by atoms with Crippen LogP contribution >= 0.6 is 11.3 Å². The van der Waals surface area contributed by atoms with E-state index in [0.717, 1.165) is 10.4 Å². The molecule has 26 heavy (non-hydrogen) atoms. The molecule has 0 unspecified atom stereocenters. The van der Waals surface area contributed by atoms with Gasteiger partial charge in [0.1, 0.15) is 10.5 Å². The number of amides is 1. The summed E-state index contributed by atoms with van der Waals surface area (Å²) in [5.74, 6) is -0.350. The minimum absolute atomic E-state index is 0.0265. The highest BCUT2D eigenvalue weighted by Gasteiger charge is 2.12. The molecule has 0 saturated carbocycles. The molecule has 3 rings (SSSR count). The normalized spacial score (nSPS) is 10.9. The van der Waals surface area contributed by atoms with Crippen LogP contribution in [0.1, 0.15) is 22.6 Å². The minimum atomic E-state index is -0.399. The summed E-state index contributed by atoms with van der Waals surface area (Å²) in [4.78, 5) is 44.4. The van der Waals surface area contributed by atoms with Crippen molar-refractivity contribution >= 4 is 33.4 Å². The van der Waals surface area contributed by atoms with Crippen molar-refractivity contribution in [3.05, 3.63) is 43.2 Å². The molecule has 0 atom stereocenters. The number of carbonyl (C=O) groups is 1. The number of carbonyl (C=O) groups excluding carboxylic acids is 1. The van der Waals surface area contributed by atoms with Crippen LogP contribution in [0, 0.1) is 20.8 Å². The number of anilines is 1. The van der Waals surface area contributed by atoms with E-state index in [0.29, 0.717) is 10.2 Å². The highest BCUT2D eigenvalue weighted by Crippen LogP contribution is 2.25. The van der Waals surface area contributed by atoms with Crippen molar-refractivity contribution in [3.8, 4) is 0 Å². The van der Waals surface area contributed by atoms with Crippen molar-refractivity contribution in [1.29, 1.82) is 0 Å². The van der Waals surface area contributed by atoms with Gasteiger partial charge in [-0.15, -0.1) is 21.5 Å². The van der Waals surface area contributed by atoms with Crippen LogP contribution in [0.2, 0.25) is 0 Å². The van der Waals surface area contributed by atoms with Gasteiger partial charge in [0.15, 0.2) is 0 Å². The number of hydrazine groups is 1. The molecule has 1 amide bonds. The summed E-state index contributed by atoms with van der Waals surface area (Å²) < 4.78 is 1.41. The number of aryl methyl sites for hydroxylation is 4. The Balaban J connectivity index is 1.64. The second-order valence-corrected chi connectivity index (χ2v) is 6.92. The van der Waals surface area contributed by atoms with Crippen LogP contribution < -0.4 is 22.0 Å². The molecule has 136 valence electrons. The number of nitrogens with one attached hydrogen (secondary N) is 3. The van der Waals surface area contributed by atoms with Crippen LogP contribution in [0.5, 0.6) is 0 Å². The zero-order valence-corrected chi connectivity index (χ0v) is 15.2. The van der Waals surface area contributed by atoms with E-state index in [1.807, 2.05) is 13.8 Å². The fraction of sp³-hybridized carbons (Fsp3) is 0.333. The van der Waals surface area contributed by atoms with E-state index in [1.165, 1.54) is 29.2 Å². The number of aromatic nitrogens is 5. The van der Waals surface area contributed by atoms with Crippen LogP contribution in [0.25, 0.3) is 10.2 Å². The maximum Gasteiger partial charge on any atom is 0.274 e. The van der Waals surface area contributed by atoms with E-state index in [1.54, 1.807) is 0 Å². The highest BCUT2D eigenvalue weighted by atomic mass is 32.1. The van der Waals surface area contributed by atoms with Crippen LogP contribution in [-0.4, -0.2) is 30.6 Å². The van der Waals surface area contributed by atoms with Crippen LogP contribution in [0.4, 0.5) is 5.95 Å². The first-order valence-corrected chi connectivity index (χ1v) is 8.62. The Morgan fingerprint density at radius 2 is 2.04 bits per heavy atom. The maximum absolute atomic E-state index is 12.5. The Morgan fingerprint density at radius 3 is 2.77 bits per heavy atom. The van der Waals surface area contributed by atoms with Gasteiger partial charge in [0.25, 0.3) is 11.1 Å². The number of nitrogens with zero attached hydrogens (tertiary/aromatic N) is 4. The van der Waals surface area contributed by atoms with Gasteiger partial charge in [-0.25, -0.2) is 4.98 Å². The van der Waals surface area contributed by atoms with Crippen LogP contribution in [0.3, 0.4) is 0 Å². The topological polar surface area (TPSA) is 135 Å². The van der Waals surface area contributed by atoms with E-state index in [4.69, 9.17) is 0 Å². The molecule has 3 heterocycles. The fourth-order valence-corrected chi connectivity index (χ4v) is 3.28. The third-order valence-corrected chi connectivity index (χ3v) is 5.03. The van der Waals surface area contributed by atoms with Gasteiger partial charge in [0, 0.05) is 17.8 Å². The third kappa shape index (κ3) is 3.47. The molecule has 0 saturated heterocycles. The van der Waals surface area contributed by atoms with Gasteiger partial charge in [-0.3, -0.25) is 34.8 Å². The molecule has 0 bridgehead atoms. The van der Waals surface area contributed by atoms with Gasteiger partial charge in [-0.1, -0.05) is 0 Å². The zero-order valence-electron chi connectivity index (χ0n) is 14.4. The predicted molar refractivity (Wildman–Crippen MR) is 97.1 cm³/mol. The Hall–Kier alpha value is -3.08. The summed E-state index contributed by atoms with van der Waals surface area (Å²) in [6, 6.07) is 0. The molecule has 0 fully saturated rings. The molecule has 3 N–H and O–H groups in total. The van der Waals surface area contributed by atoms with Crippen molar-refractivity contribution in [3.63, 3.8) is 0 Å². The van der Waals surface area contributed by atoms with Crippen molar-refractivity contribution < 1.29 is 4.79 Å². The SMILES string of the molecule is Cc1sc2ncn(CCC(=O)NNc3nnc(C)c(=O)[nH]3)c(=O)c2c1C. The van der Waals surface area contributed by atoms with Crippen LogP contribution in [0.15, 0.2) is 15.9 Å². The fourth-order valence-electron chi connectivity index (χ4n) is 2.29. The number of hydrogen-bond donors (Lipinski definition) is 3. The first-order chi connectivity index (χ1) is 12.4. The Bertz CT molecular complexity index is 1100. The number of fused-ring (bicyclic) bond motifs is 1. The lowest BCUT2D eigenvalue weighted by molar-refractivity contribution is -0.120. The number of H-pyrrole nitrogens is 1. The van der Waals surface area contributed by atoms with Gasteiger partial charge < -0.3 is 0 Å². The molecule has 3 aromatic heterocycles. The molecule has 0 aliphatic carbocycles. The van der Waals surface area contributed by atoms with Crippen molar-refractivity contribution in [2.75, 3.05) is 5.43 Å². The van der Waals surface area contributed by atoms with E-state index in [-0.39, 0.29) is 36.1 Å². The standard InChI is InChI=1S/C15H17N7O3S/c1-7-9(3)26-13-11(7)14(25)22(6-16-13)5-4-10(23)19-21-15-17-12(24)8(2)18-20-15/h6H,4-5H2,1-3H3,(H,19,23)(H2,17,20,21,24). The van der Waals surface area contributed by atoms with Gasteiger partial charge in [-0.2, -0.15) is 0 Å². The minimum Gasteiger partial charge on any atom is -0.298 e. The number of hydrogen-bond acceptors (Lipinski definition) is 8. The molecule has 10 nitrogen and oxygen atoms in total. The maximum atomic E-state index is 12.5. The molecule has 0 spiro atoms. The van der Waals surface area contributed by atoms with E-state index in [2.05, 4.69) is 31.0 Å². The third-order valence-electron chi connectivity index (χ3n) is 3.92. The van der Waals surface area contributed by atoms with Gasteiger partial charge in [-0.05, 0) is 26.3 Å². The van der Waals surface area contributed by atoms with Gasteiger partial charge in [0.2, 0.25) is 11.9 Å². The molecular formula is C15H17N7O3S. The molecule has 3 aromatic rings. The monoisotopic (exact) mass is 375 g/mol. The lowest BCUT2D eigenvalue weighted by atomic mass is 10.2. The molecule has 0 aliphatic rings. The molecule has 0 radical (unpaired) electrons. The summed E-state index contributed by atoms with van der Waals surface area (Å²) in [6.07, 6.45) is 1.50. The number of aromatic amines is 1.